The Morgan fingerprint density at radius 1 is 1.64 bits per heavy atom. The first-order chi connectivity index (χ1) is 6.62. The molecule has 3 nitrogen and oxygen atoms in total. The molecule has 1 aromatic heterocycles. The fourth-order valence-corrected chi connectivity index (χ4v) is 1.63. The maximum atomic E-state index is 11.7. The zero-order chi connectivity index (χ0) is 10.2. The number of aryl methyl sites for hydroxylation is 2. The molecule has 14 heavy (non-hydrogen) atoms. The lowest BCUT2D eigenvalue weighted by atomic mass is 10.00. The zero-order valence-electron chi connectivity index (χ0n) is 8.79. The van der Waals surface area contributed by atoms with Crippen molar-refractivity contribution in [3.63, 3.8) is 0 Å². The highest BCUT2D eigenvalue weighted by Gasteiger charge is 2.43. The van der Waals surface area contributed by atoms with Gasteiger partial charge in [-0.1, -0.05) is 6.92 Å². The fraction of sp³-hybridized carbons (Fsp3) is 0.636. The topological polar surface area (TPSA) is 34.9 Å². The normalized spacial score (nSPS) is 18.1. The van der Waals surface area contributed by atoms with Crippen molar-refractivity contribution in [2.45, 2.75) is 32.6 Å². The van der Waals surface area contributed by atoms with Gasteiger partial charge >= 0.3 is 0 Å². The van der Waals surface area contributed by atoms with Crippen LogP contribution < -0.4 is 0 Å². The van der Waals surface area contributed by atoms with E-state index in [9.17, 15) is 4.79 Å². The van der Waals surface area contributed by atoms with Gasteiger partial charge in [-0.3, -0.25) is 4.79 Å². The van der Waals surface area contributed by atoms with E-state index in [4.69, 9.17) is 0 Å². The second kappa shape index (κ2) is 3.23. The van der Waals surface area contributed by atoms with Gasteiger partial charge in [0, 0.05) is 37.7 Å². The lowest BCUT2D eigenvalue weighted by Gasteiger charge is -2.06. The van der Waals surface area contributed by atoms with E-state index in [2.05, 4.69) is 11.9 Å². The molecule has 2 rings (SSSR count). The van der Waals surface area contributed by atoms with Gasteiger partial charge in [-0.15, -0.1) is 0 Å². The summed E-state index contributed by atoms with van der Waals surface area (Å²) in [5.41, 5.74) is 0.0190. The number of imidazole rings is 1. The molecule has 76 valence electrons. The molecule has 0 aromatic carbocycles. The standard InChI is InChI=1S/C11H16N2O/c1-11(5-6-11)9(14)3-4-10-12-7-8-13(10)2/h7-8H,3-6H2,1-2H3. The molecule has 1 heterocycles. The van der Waals surface area contributed by atoms with E-state index in [-0.39, 0.29) is 5.41 Å². The van der Waals surface area contributed by atoms with Gasteiger partial charge in [-0.25, -0.2) is 4.98 Å². The summed E-state index contributed by atoms with van der Waals surface area (Å²) in [6.07, 6.45) is 7.26. The minimum Gasteiger partial charge on any atom is -0.338 e. The summed E-state index contributed by atoms with van der Waals surface area (Å²) < 4.78 is 1.97. The molecule has 1 fully saturated rings. The molecular formula is C11H16N2O. The van der Waals surface area contributed by atoms with Crippen LogP contribution in [0.5, 0.6) is 0 Å². The first-order valence-electron chi connectivity index (χ1n) is 5.11. The molecule has 3 heteroatoms. The highest BCUT2D eigenvalue weighted by atomic mass is 16.1. The molecule has 1 aliphatic carbocycles. The number of aromatic nitrogens is 2. The average molecular weight is 192 g/mol. The summed E-state index contributed by atoms with van der Waals surface area (Å²) in [4.78, 5) is 15.9. The third-order valence-electron chi connectivity index (χ3n) is 3.17. The summed E-state index contributed by atoms with van der Waals surface area (Å²) >= 11 is 0. The van der Waals surface area contributed by atoms with Gasteiger partial charge in [0.1, 0.15) is 11.6 Å². The minimum atomic E-state index is 0.0190. The van der Waals surface area contributed by atoms with Crippen LogP contribution in [0.2, 0.25) is 0 Å². The van der Waals surface area contributed by atoms with Gasteiger partial charge in [-0.2, -0.15) is 0 Å². The molecule has 0 aliphatic heterocycles. The number of hydrogen-bond acceptors (Lipinski definition) is 2. The SMILES string of the molecule is Cn1ccnc1CCC(=O)C1(C)CC1. The number of carbonyl (C=O) groups is 1. The van der Waals surface area contributed by atoms with Gasteiger partial charge in [0.15, 0.2) is 0 Å². The van der Waals surface area contributed by atoms with Crippen molar-refractivity contribution in [3.8, 4) is 0 Å². The fourth-order valence-electron chi connectivity index (χ4n) is 1.63. The Hall–Kier alpha value is -1.12. The molecule has 1 saturated carbocycles. The Bertz CT molecular complexity index is 350. The van der Waals surface area contributed by atoms with Crippen LogP contribution in [0, 0.1) is 5.41 Å². The van der Waals surface area contributed by atoms with Crippen molar-refractivity contribution in [1.82, 2.24) is 9.55 Å². The first-order valence-corrected chi connectivity index (χ1v) is 5.11. The molecule has 1 aliphatic rings. The van der Waals surface area contributed by atoms with Gasteiger partial charge in [-0.05, 0) is 12.8 Å². The lowest BCUT2D eigenvalue weighted by molar-refractivity contribution is -0.123. The van der Waals surface area contributed by atoms with Gasteiger partial charge in [0.2, 0.25) is 0 Å². The third-order valence-corrected chi connectivity index (χ3v) is 3.17. The Morgan fingerprint density at radius 3 is 2.86 bits per heavy atom. The van der Waals surface area contributed by atoms with Crippen LogP contribution in [0.25, 0.3) is 0 Å². The van der Waals surface area contributed by atoms with Crippen LogP contribution in [-0.2, 0) is 18.3 Å². The van der Waals surface area contributed by atoms with Crippen LogP contribution in [0.15, 0.2) is 12.4 Å². The maximum absolute atomic E-state index is 11.7. The van der Waals surface area contributed by atoms with E-state index in [1.165, 1.54) is 0 Å². The van der Waals surface area contributed by atoms with Crippen LogP contribution in [-0.4, -0.2) is 15.3 Å². The van der Waals surface area contributed by atoms with E-state index in [1.54, 1.807) is 6.20 Å². The number of carbonyl (C=O) groups excluding carboxylic acids is 1. The monoisotopic (exact) mass is 192 g/mol. The highest BCUT2D eigenvalue weighted by molar-refractivity contribution is 5.86. The molecule has 0 unspecified atom stereocenters. The van der Waals surface area contributed by atoms with Crippen LogP contribution >= 0.6 is 0 Å². The van der Waals surface area contributed by atoms with Crippen LogP contribution in [0.3, 0.4) is 0 Å². The predicted octanol–water partition coefficient (Wildman–Crippen LogP) is 1.72. The lowest BCUT2D eigenvalue weighted by Crippen LogP contribution is -2.13. The van der Waals surface area contributed by atoms with Crippen LogP contribution in [0.4, 0.5) is 0 Å². The second-order valence-electron chi connectivity index (χ2n) is 4.44. The summed E-state index contributed by atoms with van der Waals surface area (Å²) in [5, 5.41) is 0. The molecule has 1 aromatic rings. The van der Waals surface area contributed by atoms with Gasteiger partial charge in [0.05, 0.1) is 0 Å². The van der Waals surface area contributed by atoms with Crippen molar-refractivity contribution < 1.29 is 4.79 Å². The number of Topliss-reactive ketones (excluding diaryl/α,β-unsaturated/α-hetero) is 1. The summed E-state index contributed by atoms with van der Waals surface area (Å²) in [5.74, 6) is 1.41. The Kier molecular flexibility index (Phi) is 2.17. The molecule has 0 amide bonds. The van der Waals surface area contributed by atoms with E-state index >= 15 is 0 Å². The van der Waals surface area contributed by atoms with Crippen molar-refractivity contribution in [2.24, 2.45) is 12.5 Å². The minimum absolute atomic E-state index is 0.0190. The average Bonchev–Trinajstić information content (AvgIpc) is 2.77. The van der Waals surface area contributed by atoms with Gasteiger partial charge in [0.25, 0.3) is 0 Å². The van der Waals surface area contributed by atoms with Crippen molar-refractivity contribution in [3.05, 3.63) is 18.2 Å². The Balaban J connectivity index is 1.89. The number of ketones is 1. The molecular weight excluding hydrogens is 176 g/mol. The predicted molar refractivity (Wildman–Crippen MR) is 53.9 cm³/mol. The summed E-state index contributed by atoms with van der Waals surface area (Å²) in [6, 6.07) is 0. The molecule has 0 saturated heterocycles. The van der Waals surface area contributed by atoms with Gasteiger partial charge < -0.3 is 4.57 Å². The van der Waals surface area contributed by atoms with E-state index in [0.717, 1.165) is 25.1 Å². The van der Waals surface area contributed by atoms with Crippen molar-refractivity contribution in [2.75, 3.05) is 0 Å². The second-order valence-corrected chi connectivity index (χ2v) is 4.44. The maximum Gasteiger partial charge on any atom is 0.139 e. The number of rotatable bonds is 4. The Morgan fingerprint density at radius 2 is 2.36 bits per heavy atom. The third kappa shape index (κ3) is 1.72. The largest absolute Gasteiger partial charge is 0.338 e. The van der Waals surface area contributed by atoms with Crippen molar-refractivity contribution >= 4 is 5.78 Å². The molecule has 0 N–H and O–H groups in total. The number of nitrogens with zero attached hydrogens (tertiary/aromatic N) is 2. The molecule has 0 spiro atoms. The summed E-state index contributed by atoms with van der Waals surface area (Å²) in [7, 11) is 1.96. The smallest absolute Gasteiger partial charge is 0.139 e. The highest BCUT2D eigenvalue weighted by Crippen LogP contribution is 2.46. The molecule has 0 bridgehead atoms. The molecule has 0 radical (unpaired) electrons. The van der Waals surface area contributed by atoms with E-state index < -0.39 is 0 Å². The van der Waals surface area contributed by atoms with E-state index in [0.29, 0.717) is 12.2 Å². The Labute approximate surface area is 84.1 Å². The zero-order valence-corrected chi connectivity index (χ0v) is 8.79. The first kappa shape index (κ1) is 9.44. The quantitative estimate of drug-likeness (QED) is 0.728. The van der Waals surface area contributed by atoms with Crippen molar-refractivity contribution in [1.29, 1.82) is 0 Å². The summed E-state index contributed by atoms with van der Waals surface area (Å²) in [6.45, 7) is 2.06. The number of hydrogen-bond donors (Lipinski definition) is 0. The molecule has 0 atom stereocenters. The van der Waals surface area contributed by atoms with E-state index in [1.807, 2.05) is 17.8 Å². The van der Waals surface area contributed by atoms with Crippen LogP contribution in [0.1, 0.15) is 32.0 Å².